The molecule has 7 heteroatoms. The molecule has 0 bridgehead atoms. The van der Waals surface area contributed by atoms with E-state index in [4.69, 9.17) is 10.5 Å². The molecule has 6 nitrogen and oxygen atoms in total. The summed E-state index contributed by atoms with van der Waals surface area (Å²) in [4.78, 5) is 11.3. The zero-order valence-electron chi connectivity index (χ0n) is 11.9. The summed E-state index contributed by atoms with van der Waals surface area (Å²) in [5.41, 5.74) is 6.73. The smallest absolute Gasteiger partial charge is 0.271 e. The number of nitrogens with two attached hydrogens (primary N) is 1. The van der Waals surface area contributed by atoms with Gasteiger partial charge < -0.3 is 10.5 Å². The van der Waals surface area contributed by atoms with Crippen molar-refractivity contribution in [1.82, 2.24) is 15.4 Å². The largest absolute Gasteiger partial charge is 0.374 e. The summed E-state index contributed by atoms with van der Waals surface area (Å²) in [5, 5.41) is 10.0. The number of carbonyl (C=O) groups excluding carboxylic acids is 1. The van der Waals surface area contributed by atoms with Gasteiger partial charge in [0.2, 0.25) is 0 Å². The van der Waals surface area contributed by atoms with Gasteiger partial charge in [-0.1, -0.05) is 6.92 Å². The molecule has 0 aliphatic heterocycles. The van der Waals surface area contributed by atoms with Crippen molar-refractivity contribution in [1.29, 1.82) is 0 Å². The van der Waals surface area contributed by atoms with E-state index < -0.39 is 5.91 Å². The van der Waals surface area contributed by atoms with Crippen LogP contribution in [0, 0.1) is 5.82 Å². The molecule has 2 aromatic rings. The first-order chi connectivity index (χ1) is 10.0. The summed E-state index contributed by atoms with van der Waals surface area (Å²) in [6.07, 6.45) is 0.898. The van der Waals surface area contributed by atoms with Gasteiger partial charge in [0.15, 0.2) is 5.69 Å². The van der Waals surface area contributed by atoms with Crippen LogP contribution in [0.3, 0.4) is 0 Å². The summed E-state index contributed by atoms with van der Waals surface area (Å²) < 4.78 is 19.1. The SMILES string of the molecule is CCC(C)OCc1cc(F)ccc1-c1n[nH]nc1C(N)=O. The number of nitrogens with one attached hydrogen (secondary N) is 1. The highest BCUT2D eigenvalue weighted by atomic mass is 19.1. The molecule has 1 amide bonds. The van der Waals surface area contributed by atoms with Crippen LogP contribution in [0.1, 0.15) is 36.3 Å². The number of carbonyl (C=O) groups is 1. The van der Waals surface area contributed by atoms with Crippen molar-refractivity contribution >= 4 is 5.91 Å². The molecule has 0 radical (unpaired) electrons. The minimum atomic E-state index is -0.697. The lowest BCUT2D eigenvalue weighted by Crippen LogP contribution is -2.13. The number of nitrogens with zero attached hydrogens (tertiary/aromatic N) is 2. The number of hydrogen-bond donors (Lipinski definition) is 2. The molecule has 0 fully saturated rings. The summed E-state index contributed by atoms with van der Waals surface area (Å²) in [7, 11) is 0. The standard InChI is InChI=1S/C14H17FN4O2/c1-3-8(2)21-7-9-6-10(15)4-5-11(9)12-13(14(16)20)18-19-17-12/h4-6,8H,3,7H2,1-2H3,(H2,16,20)(H,17,18,19). The topological polar surface area (TPSA) is 93.9 Å². The maximum Gasteiger partial charge on any atom is 0.271 e. The van der Waals surface area contributed by atoms with Gasteiger partial charge in [0, 0.05) is 5.56 Å². The molecular weight excluding hydrogens is 275 g/mol. The normalized spacial score (nSPS) is 12.3. The van der Waals surface area contributed by atoms with Gasteiger partial charge >= 0.3 is 0 Å². The van der Waals surface area contributed by atoms with Crippen molar-refractivity contribution in [3.8, 4) is 11.3 Å². The molecule has 0 aliphatic rings. The number of H-pyrrole nitrogens is 1. The molecular formula is C14H17FN4O2. The predicted molar refractivity (Wildman–Crippen MR) is 74.8 cm³/mol. The maximum absolute atomic E-state index is 13.5. The van der Waals surface area contributed by atoms with Crippen LogP contribution in [0.2, 0.25) is 0 Å². The fourth-order valence-electron chi connectivity index (χ4n) is 1.85. The van der Waals surface area contributed by atoms with Gasteiger partial charge in [0.05, 0.1) is 12.7 Å². The van der Waals surface area contributed by atoms with Crippen LogP contribution in [0.25, 0.3) is 11.3 Å². The highest BCUT2D eigenvalue weighted by molar-refractivity contribution is 5.97. The molecule has 3 N–H and O–H groups in total. The quantitative estimate of drug-likeness (QED) is 0.851. The highest BCUT2D eigenvalue weighted by Gasteiger charge is 2.18. The number of hydrogen-bond acceptors (Lipinski definition) is 4. The van der Waals surface area contributed by atoms with Gasteiger partial charge in [0.25, 0.3) is 5.91 Å². The average Bonchev–Trinajstić information content (AvgIpc) is 2.94. The highest BCUT2D eigenvalue weighted by Crippen LogP contribution is 2.25. The third-order valence-corrected chi connectivity index (χ3v) is 3.20. The first kappa shape index (κ1) is 15.1. The average molecular weight is 292 g/mol. The van der Waals surface area contributed by atoms with Gasteiger partial charge in [-0.15, -0.1) is 0 Å². The second kappa shape index (κ2) is 6.45. The maximum atomic E-state index is 13.5. The van der Waals surface area contributed by atoms with Crippen molar-refractivity contribution < 1.29 is 13.9 Å². The van der Waals surface area contributed by atoms with E-state index in [0.29, 0.717) is 16.8 Å². The van der Waals surface area contributed by atoms with Crippen LogP contribution in [-0.4, -0.2) is 27.4 Å². The lowest BCUT2D eigenvalue weighted by Gasteiger charge is -2.13. The molecule has 1 aromatic heterocycles. The Kier molecular flexibility index (Phi) is 4.64. The number of benzene rings is 1. The zero-order valence-corrected chi connectivity index (χ0v) is 11.9. The monoisotopic (exact) mass is 292 g/mol. The van der Waals surface area contributed by atoms with E-state index in [2.05, 4.69) is 15.4 Å². The molecule has 1 aromatic carbocycles. The molecule has 0 spiro atoms. The van der Waals surface area contributed by atoms with E-state index in [1.807, 2.05) is 13.8 Å². The number of ether oxygens (including phenoxy) is 1. The van der Waals surface area contributed by atoms with E-state index in [-0.39, 0.29) is 24.2 Å². The lowest BCUT2D eigenvalue weighted by atomic mass is 10.0. The predicted octanol–water partition coefficient (Wildman–Crippen LogP) is 2.02. The van der Waals surface area contributed by atoms with Gasteiger partial charge in [-0.3, -0.25) is 4.79 Å². The lowest BCUT2D eigenvalue weighted by molar-refractivity contribution is 0.0509. The Bertz CT molecular complexity index is 642. The molecule has 1 atom stereocenters. The third kappa shape index (κ3) is 3.43. The van der Waals surface area contributed by atoms with E-state index in [9.17, 15) is 9.18 Å². The van der Waals surface area contributed by atoms with Crippen molar-refractivity contribution in [2.24, 2.45) is 5.73 Å². The van der Waals surface area contributed by atoms with Gasteiger partial charge in [0.1, 0.15) is 11.5 Å². The Morgan fingerprint density at radius 1 is 1.48 bits per heavy atom. The molecule has 1 heterocycles. The van der Waals surface area contributed by atoms with Crippen molar-refractivity contribution in [2.45, 2.75) is 33.0 Å². The van der Waals surface area contributed by atoms with Crippen LogP contribution < -0.4 is 5.73 Å². The van der Waals surface area contributed by atoms with E-state index >= 15 is 0 Å². The molecule has 21 heavy (non-hydrogen) atoms. The van der Waals surface area contributed by atoms with Crippen molar-refractivity contribution in [3.63, 3.8) is 0 Å². The molecule has 0 saturated heterocycles. The molecule has 0 saturated carbocycles. The van der Waals surface area contributed by atoms with Gasteiger partial charge in [-0.2, -0.15) is 15.4 Å². The Morgan fingerprint density at radius 3 is 2.90 bits per heavy atom. The number of aromatic nitrogens is 3. The van der Waals surface area contributed by atoms with Crippen LogP contribution in [0.5, 0.6) is 0 Å². The number of amides is 1. The Hall–Kier alpha value is -2.28. The summed E-state index contributed by atoms with van der Waals surface area (Å²) in [6, 6.07) is 4.19. The van der Waals surface area contributed by atoms with Crippen molar-refractivity contribution in [3.05, 3.63) is 35.3 Å². The fraction of sp³-hybridized carbons (Fsp3) is 0.357. The molecule has 112 valence electrons. The van der Waals surface area contributed by atoms with Crippen LogP contribution in [0.4, 0.5) is 4.39 Å². The third-order valence-electron chi connectivity index (χ3n) is 3.20. The van der Waals surface area contributed by atoms with Crippen LogP contribution >= 0.6 is 0 Å². The number of aromatic amines is 1. The van der Waals surface area contributed by atoms with Gasteiger partial charge in [-0.05, 0) is 37.1 Å². The van der Waals surface area contributed by atoms with Crippen LogP contribution in [0.15, 0.2) is 18.2 Å². The number of primary amides is 1. The van der Waals surface area contributed by atoms with E-state index in [0.717, 1.165) is 6.42 Å². The van der Waals surface area contributed by atoms with Crippen molar-refractivity contribution in [2.75, 3.05) is 0 Å². The van der Waals surface area contributed by atoms with E-state index in [1.54, 1.807) is 0 Å². The minimum Gasteiger partial charge on any atom is -0.374 e. The number of rotatable bonds is 6. The Morgan fingerprint density at radius 2 is 2.24 bits per heavy atom. The first-order valence-corrected chi connectivity index (χ1v) is 6.63. The molecule has 1 unspecified atom stereocenters. The minimum absolute atomic E-state index is 0.0198. The summed E-state index contributed by atoms with van der Waals surface area (Å²) in [5.74, 6) is -1.08. The fourth-order valence-corrected chi connectivity index (χ4v) is 1.85. The summed E-state index contributed by atoms with van der Waals surface area (Å²) in [6.45, 7) is 4.15. The van der Waals surface area contributed by atoms with E-state index in [1.165, 1.54) is 18.2 Å². The zero-order chi connectivity index (χ0) is 15.4. The second-order valence-electron chi connectivity index (χ2n) is 4.72. The van der Waals surface area contributed by atoms with Gasteiger partial charge in [-0.25, -0.2) is 4.39 Å². The molecule has 0 aliphatic carbocycles. The molecule has 2 rings (SSSR count). The Labute approximate surface area is 121 Å². The first-order valence-electron chi connectivity index (χ1n) is 6.63. The summed E-state index contributed by atoms with van der Waals surface area (Å²) >= 11 is 0. The Balaban J connectivity index is 2.38. The van der Waals surface area contributed by atoms with Crippen LogP contribution in [-0.2, 0) is 11.3 Å². The second-order valence-corrected chi connectivity index (χ2v) is 4.72. The number of halogens is 1.